The molecule has 0 bridgehead atoms. The minimum atomic E-state index is -0.0427. The number of nitrogens with one attached hydrogen (secondary N) is 2. The van der Waals surface area contributed by atoms with Gasteiger partial charge in [-0.05, 0) is 66.0 Å². The smallest absolute Gasteiger partial charge is 0.237 e. The van der Waals surface area contributed by atoms with E-state index in [4.69, 9.17) is 0 Å². The molecule has 0 aromatic heterocycles. The molecular formula is C16H33N3O. The summed E-state index contributed by atoms with van der Waals surface area (Å²) in [5, 5.41) is 6.51. The van der Waals surface area contributed by atoms with Crippen LogP contribution in [0.2, 0.25) is 0 Å². The Morgan fingerprint density at radius 2 is 1.85 bits per heavy atom. The normalized spacial score (nSPS) is 20.1. The highest BCUT2D eigenvalue weighted by Crippen LogP contribution is 2.17. The van der Waals surface area contributed by atoms with Crippen LogP contribution in [0.1, 0.15) is 53.9 Å². The van der Waals surface area contributed by atoms with Crippen molar-refractivity contribution < 1.29 is 4.79 Å². The lowest BCUT2D eigenvalue weighted by atomic mass is 9.96. The Balaban J connectivity index is 2.57. The lowest BCUT2D eigenvalue weighted by Gasteiger charge is -2.36. The molecule has 0 aromatic rings. The molecule has 1 aliphatic heterocycles. The van der Waals surface area contributed by atoms with Crippen molar-refractivity contribution in [3.05, 3.63) is 0 Å². The summed E-state index contributed by atoms with van der Waals surface area (Å²) in [6.45, 7) is 13.9. The van der Waals surface area contributed by atoms with Gasteiger partial charge in [0, 0.05) is 18.6 Å². The highest BCUT2D eigenvalue weighted by Gasteiger charge is 2.27. The average Bonchev–Trinajstić information content (AvgIpc) is 2.44. The average molecular weight is 283 g/mol. The Morgan fingerprint density at radius 3 is 2.35 bits per heavy atom. The SMILES string of the molecule is CCC(C)NC(=O)C(C)N(CC1CCNCC1)C(C)C. The second-order valence-electron chi connectivity index (χ2n) is 6.48. The Kier molecular flexibility index (Phi) is 7.52. The molecule has 118 valence electrons. The molecule has 2 unspecified atom stereocenters. The summed E-state index contributed by atoms with van der Waals surface area (Å²) in [7, 11) is 0. The monoisotopic (exact) mass is 283 g/mol. The van der Waals surface area contributed by atoms with E-state index >= 15 is 0 Å². The van der Waals surface area contributed by atoms with E-state index in [0.717, 1.165) is 32.0 Å². The standard InChI is InChI=1S/C16H33N3O/c1-6-13(4)18-16(20)14(5)19(12(2)3)11-15-7-9-17-10-8-15/h12-15,17H,6-11H2,1-5H3,(H,18,20). The quantitative estimate of drug-likeness (QED) is 0.751. The van der Waals surface area contributed by atoms with Crippen molar-refractivity contribution in [2.75, 3.05) is 19.6 Å². The predicted molar refractivity (Wildman–Crippen MR) is 84.8 cm³/mol. The highest BCUT2D eigenvalue weighted by atomic mass is 16.2. The number of amides is 1. The third kappa shape index (κ3) is 5.41. The molecule has 0 spiro atoms. The second kappa shape index (κ2) is 8.63. The maximum absolute atomic E-state index is 12.3. The highest BCUT2D eigenvalue weighted by molar-refractivity contribution is 5.81. The van der Waals surface area contributed by atoms with Gasteiger partial charge in [0.05, 0.1) is 6.04 Å². The summed E-state index contributed by atoms with van der Waals surface area (Å²) in [5.41, 5.74) is 0. The van der Waals surface area contributed by atoms with Crippen molar-refractivity contribution in [1.82, 2.24) is 15.5 Å². The van der Waals surface area contributed by atoms with Gasteiger partial charge in [-0.1, -0.05) is 6.92 Å². The molecule has 0 aliphatic carbocycles. The molecule has 1 aliphatic rings. The zero-order valence-corrected chi connectivity index (χ0v) is 13.9. The maximum Gasteiger partial charge on any atom is 0.237 e. The Morgan fingerprint density at radius 1 is 1.25 bits per heavy atom. The van der Waals surface area contributed by atoms with E-state index in [2.05, 4.69) is 43.2 Å². The Labute approximate surface area is 124 Å². The minimum absolute atomic E-state index is 0.0427. The van der Waals surface area contributed by atoms with Crippen LogP contribution < -0.4 is 10.6 Å². The number of rotatable bonds is 7. The van der Waals surface area contributed by atoms with Gasteiger partial charge < -0.3 is 10.6 Å². The first-order valence-corrected chi connectivity index (χ1v) is 8.22. The molecule has 1 rings (SSSR count). The summed E-state index contributed by atoms with van der Waals surface area (Å²) in [6, 6.07) is 0.624. The molecular weight excluding hydrogens is 250 g/mol. The van der Waals surface area contributed by atoms with Crippen molar-refractivity contribution in [3.8, 4) is 0 Å². The lowest BCUT2D eigenvalue weighted by Crippen LogP contribution is -2.52. The van der Waals surface area contributed by atoms with Crippen LogP contribution >= 0.6 is 0 Å². The fraction of sp³-hybridized carbons (Fsp3) is 0.938. The zero-order chi connectivity index (χ0) is 15.1. The fourth-order valence-corrected chi connectivity index (χ4v) is 2.79. The topological polar surface area (TPSA) is 44.4 Å². The number of hydrogen-bond acceptors (Lipinski definition) is 3. The number of hydrogen-bond donors (Lipinski definition) is 2. The molecule has 2 atom stereocenters. The zero-order valence-electron chi connectivity index (χ0n) is 13.9. The molecule has 1 amide bonds. The second-order valence-corrected chi connectivity index (χ2v) is 6.48. The van der Waals surface area contributed by atoms with Crippen LogP contribution in [-0.4, -0.2) is 48.6 Å². The molecule has 1 heterocycles. The lowest BCUT2D eigenvalue weighted by molar-refractivity contribution is -0.127. The maximum atomic E-state index is 12.3. The number of piperidine rings is 1. The molecule has 0 saturated carbocycles. The van der Waals surface area contributed by atoms with E-state index in [9.17, 15) is 4.79 Å². The van der Waals surface area contributed by atoms with Crippen molar-refractivity contribution in [2.45, 2.75) is 72.0 Å². The van der Waals surface area contributed by atoms with Crippen LogP contribution in [0.15, 0.2) is 0 Å². The van der Waals surface area contributed by atoms with E-state index < -0.39 is 0 Å². The van der Waals surface area contributed by atoms with Gasteiger partial charge in [-0.25, -0.2) is 0 Å². The summed E-state index contributed by atoms with van der Waals surface area (Å²) in [6.07, 6.45) is 3.43. The summed E-state index contributed by atoms with van der Waals surface area (Å²) < 4.78 is 0. The van der Waals surface area contributed by atoms with Crippen molar-refractivity contribution in [2.24, 2.45) is 5.92 Å². The van der Waals surface area contributed by atoms with Gasteiger partial charge in [-0.3, -0.25) is 9.69 Å². The Bertz CT molecular complexity index is 287. The van der Waals surface area contributed by atoms with Crippen LogP contribution in [0, 0.1) is 5.92 Å². The van der Waals surface area contributed by atoms with Crippen LogP contribution in [0.3, 0.4) is 0 Å². The van der Waals surface area contributed by atoms with Crippen LogP contribution in [0.5, 0.6) is 0 Å². The van der Waals surface area contributed by atoms with Gasteiger partial charge in [0.25, 0.3) is 0 Å². The van der Waals surface area contributed by atoms with Crippen LogP contribution in [0.25, 0.3) is 0 Å². The van der Waals surface area contributed by atoms with Gasteiger partial charge in [-0.2, -0.15) is 0 Å². The first-order chi connectivity index (χ1) is 9.45. The van der Waals surface area contributed by atoms with Gasteiger partial charge in [0.2, 0.25) is 5.91 Å². The van der Waals surface area contributed by atoms with Gasteiger partial charge in [0.1, 0.15) is 0 Å². The van der Waals surface area contributed by atoms with Crippen molar-refractivity contribution >= 4 is 5.91 Å². The minimum Gasteiger partial charge on any atom is -0.352 e. The molecule has 20 heavy (non-hydrogen) atoms. The largest absolute Gasteiger partial charge is 0.352 e. The van der Waals surface area contributed by atoms with Crippen LogP contribution in [-0.2, 0) is 4.79 Å². The first kappa shape index (κ1) is 17.4. The molecule has 1 saturated heterocycles. The molecule has 1 fully saturated rings. The molecule has 2 N–H and O–H groups in total. The third-order valence-corrected chi connectivity index (χ3v) is 4.47. The van der Waals surface area contributed by atoms with E-state index in [0.29, 0.717) is 6.04 Å². The van der Waals surface area contributed by atoms with Gasteiger partial charge in [-0.15, -0.1) is 0 Å². The van der Waals surface area contributed by atoms with Gasteiger partial charge in [0.15, 0.2) is 0 Å². The molecule has 4 nitrogen and oxygen atoms in total. The van der Waals surface area contributed by atoms with Crippen LogP contribution in [0.4, 0.5) is 0 Å². The number of carbonyl (C=O) groups excluding carboxylic acids is 1. The van der Waals surface area contributed by atoms with E-state index in [-0.39, 0.29) is 18.0 Å². The van der Waals surface area contributed by atoms with E-state index in [1.165, 1.54) is 12.8 Å². The molecule has 0 radical (unpaired) electrons. The van der Waals surface area contributed by atoms with Gasteiger partial charge >= 0.3 is 0 Å². The number of carbonyl (C=O) groups is 1. The van der Waals surface area contributed by atoms with E-state index in [1.807, 2.05) is 6.92 Å². The number of nitrogens with zero attached hydrogens (tertiary/aromatic N) is 1. The van der Waals surface area contributed by atoms with Crippen molar-refractivity contribution in [3.63, 3.8) is 0 Å². The third-order valence-electron chi connectivity index (χ3n) is 4.47. The van der Waals surface area contributed by atoms with E-state index in [1.54, 1.807) is 0 Å². The fourth-order valence-electron chi connectivity index (χ4n) is 2.79. The summed E-state index contributed by atoms with van der Waals surface area (Å²) in [4.78, 5) is 14.7. The molecule has 4 heteroatoms. The summed E-state index contributed by atoms with van der Waals surface area (Å²) >= 11 is 0. The Hall–Kier alpha value is -0.610. The molecule has 0 aromatic carbocycles. The predicted octanol–water partition coefficient (Wildman–Crippen LogP) is 2.00. The first-order valence-electron chi connectivity index (χ1n) is 8.22. The van der Waals surface area contributed by atoms with Crippen molar-refractivity contribution in [1.29, 1.82) is 0 Å². The summed E-state index contributed by atoms with van der Waals surface area (Å²) in [5.74, 6) is 0.888.